The summed E-state index contributed by atoms with van der Waals surface area (Å²) in [4.78, 5) is 13.1. The van der Waals surface area contributed by atoms with Crippen LogP contribution in [0.5, 0.6) is 5.75 Å². The highest BCUT2D eigenvalue weighted by molar-refractivity contribution is 5.79. The molecule has 0 unspecified atom stereocenters. The molecule has 0 spiro atoms. The summed E-state index contributed by atoms with van der Waals surface area (Å²) in [6.45, 7) is 8.93. The van der Waals surface area contributed by atoms with Gasteiger partial charge >= 0.3 is 0 Å². The molecule has 0 saturated heterocycles. The minimum absolute atomic E-state index is 0.0656. The molecule has 188 valence electrons. The quantitative estimate of drug-likeness (QED) is 0.206. The Morgan fingerprint density at radius 3 is 2.42 bits per heavy atom. The lowest BCUT2D eigenvalue weighted by Crippen LogP contribution is -2.52. The van der Waals surface area contributed by atoms with Crippen molar-refractivity contribution in [1.29, 1.82) is 0 Å². The third-order valence-corrected chi connectivity index (χ3v) is 7.33. The van der Waals surface area contributed by atoms with Crippen molar-refractivity contribution in [3.8, 4) is 5.75 Å². The lowest BCUT2D eigenvalue weighted by atomic mass is 9.79. The van der Waals surface area contributed by atoms with Crippen LogP contribution in [0, 0.1) is 17.8 Å². The fourth-order valence-electron chi connectivity index (χ4n) is 4.93. The van der Waals surface area contributed by atoms with E-state index in [-0.39, 0.29) is 23.8 Å². The Labute approximate surface area is 202 Å². The van der Waals surface area contributed by atoms with E-state index < -0.39 is 6.23 Å². The van der Waals surface area contributed by atoms with Crippen LogP contribution in [0.1, 0.15) is 98.3 Å². The minimum Gasteiger partial charge on any atom is -0.492 e. The van der Waals surface area contributed by atoms with Gasteiger partial charge in [-0.1, -0.05) is 77.8 Å². The maximum absolute atomic E-state index is 13.1. The van der Waals surface area contributed by atoms with Crippen molar-refractivity contribution in [2.24, 2.45) is 17.8 Å². The number of anilines is 1. The molecule has 1 amide bonds. The number of benzene rings is 1. The van der Waals surface area contributed by atoms with Gasteiger partial charge in [-0.05, 0) is 56.6 Å². The van der Waals surface area contributed by atoms with E-state index in [2.05, 4.69) is 31.4 Å². The third-order valence-electron chi connectivity index (χ3n) is 7.33. The minimum atomic E-state index is -0.884. The number of amides is 1. The zero-order valence-corrected chi connectivity index (χ0v) is 21.4. The van der Waals surface area contributed by atoms with Gasteiger partial charge in [0.05, 0.1) is 18.3 Å². The first kappa shape index (κ1) is 27.5. The zero-order chi connectivity index (χ0) is 24.1. The number of aliphatic hydroxyl groups excluding tert-OH is 1. The summed E-state index contributed by atoms with van der Waals surface area (Å²) < 4.78 is 5.68. The molecule has 1 saturated carbocycles. The fraction of sp³-hybridized carbons (Fsp3) is 0.750. The topological polar surface area (TPSA) is 70.6 Å². The van der Waals surface area contributed by atoms with Crippen molar-refractivity contribution in [3.63, 3.8) is 0 Å². The highest BCUT2D eigenvalue weighted by Crippen LogP contribution is 2.33. The molecule has 1 aromatic rings. The van der Waals surface area contributed by atoms with Gasteiger partial charge in [-0.3, -0.25) is 4.79 Å². The van der Waals surface area contributed by atoms with Gasteiger partial charge in [0, 0.05) is 5.92 Å². The largest absolute Gasteiger partial charge is 0.492 e. The Balaban J connectivity index is 1.88. The maximum Gasteiger partial charge on any atom is 0.223 e. The average Bonchev–Trinajstić information content (AvgIpc) is 2.83. The fourth-order valence-corrected chi connectivity index (χ4v) is 4.93. The standard InChI is InChI=1S/C28H48N2O3/c1-5-8-9-10-11-14-22-17-19-23(20-18-22)27(31)30-26(21(4)6-2)28(32)29-24-15-12-13-16-25(24)33-7-3/h12-13,15-16,21-23,26,28-29,32H,5-11,14,17-20H2,1-4H3,(H,30,31)/t21-,22?,23?,26-,28+/m1/s1. The van der Waals surface area contributed by atoms with Crippen molar-refractivity contribution >= 4 is 11.6 Å². The second-order valence-corrected chi connectivity index (χ2v) is 9.86. The number of aliphatic hydroxyl groups is 1. The SMILES string of the molecule is CCCCCCCC1CCC(C(=O)N[C@H]([C@H](C)CC)[C@H](O)Nc2ccccc2OCC)CC1. The maximum atomic E-state index is 13.1. The summed E-state index contributed by atoms with van der Waals surface area (Å²) >= 11 is 0. The van der Waals surface area contributed by atoms with Crippen LogP contribution in [0.4, 0.5) is 5.69 Å². The van der Waals surface area contributed by atoms with Crippen molar-refractivity contribution < 1.29 is 14.6 Å². The van der Waals surface area contributed by atoms with Gasteiger partial charge < -0.3 is 20.5 Å². The van der Waals surface area contributed by atoms with E-state index in [1.807, 2.05) is 31.2 Å². The van der Waals surface area contributed by atoms with E-state index in [1.165, 1.54) is 38.5 Å². The molecule has 1 aliphatic carbocycles. The van der Waals surface area contributed by atoms with E-state index in [9.17, 15) is 9.90 Å². The average molecular weight is 461 g/mol. The molecule has 5 heteroatoms. The van der Waals surface area contributed by atoms with Gasteiger partial charge in [-0.2, -0.15) is 0 Å². The summed E-state index contributed by atoms with van der Waals surface area (Å²) in [5.74, 6) is 1.80. The molecule has 3 atom stereocenters. The molecule has 1 aliphatic rings. The molecule has 0 bridgehead atoms. The van der Waals surface area contributed by atoms with Gasteiger partial charge in [0.15, 0.2) is 0 Å². The molecule has 2 rings (SSSR count). The normalized spacial score (nSPS) is 21.1. The van der Waals surface area contributed by atoms with E-state index in [0.29, 0.717) is 12.4 Å². The van der Waals surface area contributed by atoms with Crippen LogP contribution in [-0.4, -0.2) is 29.9 Å². The number of nitrogens with one attached hydrogen (secondary N) is 2. The number of carbonyl (C=O) groups is 1. The third kappa shape index (κ3) is 9.19. The summed E-state index contributed by atoms with van der Waals surface area (Å²) in [5.41, 5.74) is 0.744. The molecule has 1 fully saturated rings. The van der Waals surface area contributed by atoms with Crippen LogP contribution in [0.3, 0.4) is 0 Å². The van der Waals surface area contributed by atoms with Crippen LogP contribution >= 0.6 is 0 Å². The number of para-hydroxylation sites is 2. The second-order valence-electron chi connectivity index (χ2n) is 9.86. The molecular formula is C28H48N2O3. The monoisotopic (exact) mass is 460 g/mol. The molecule has 0 aliphatic heterocycles. The van der Waals surface area contributed by atoms with Crippen molar-refractivity contribution in [3.05, 3.63) is 24.3 Å². The lowest BCUT2D eigenvalue weighted by molar-refractivity contribution is -0.128. The van der Waals surface area contributed by atoms with Crippen LogP contribution in [0.15, 0.2) is 24.3 Å². The number of unbranched alkanes of at least 4 members (excludes halogenated alkanes) is 4. The summed E-state index contributed by atoms with van der Waals surface area (Å²) in [7, 11) is 0. The molecule has 0 aromatic heterocycles. The molecule has 3 N–H and O–H groups in total. The lowest BCUT2D eigenvalue weighted by Gasteiger charge is -2.33. The first-order valence-corrected chi connectivity index (χ1v) is 13.5. The molecular weight excluding hydrogens is 412 g/mol. The first-order chi connectivity index (χ1) is 16.0. The smallest absolute Gasteiger partial charge is 0.223 e. The number of rotatable bonds is 15. The van der Waals surface area contributed by atoms with E-state index in [1.54, 1.807) is 0 Å². The van der Waals surface area contributed by atoms with Gasteiger partial charge in [0.25, 0.3) is 0 Å². The number of hydrogen-bond acceptors (Lipinski definition) is 4. The van der Waals surface area contributed by atoms with Crippen LogP contribution in [0.25, 0.3) is 0 Å². The van der Waals surface area contributed by atoms with E-state index in [4.69, 9.17) is 4.74 Å². The molecule has 0 radical (unpaired) electrons. The van der Waals surface area contributed by atoms with Crippen LogP contribution in [0.2, 0.25) is 0 Å². The second kappa shape index (κ2) is 15.2. The summed E-state index contributed by atoms with van der Waals surface area (Å²) in [6, 6.07) is 7.26. The van der Waals surface area contributed by atoms with Crippen molar-refractivity contribution in [1.82, 2.24) is 5.32 Å². The van der Waals surface area contributed by atoms with Crippen LogP contribution in [-0.2, 0) is 4.79 Å². The van der Waals surface area contributed by atoms with Gasteiger partial charge in [-0.15, -0.1) is 0 Å². The predicted octanol–water partition coefficient (Wildman–Crippen LogP) is 6.51. The Kier molecular flexibility index (Phi) is 12.7. The number of carbonyl (C=O) groups excluding carboxylic acids is 1. The molecule has 1 aromatic carbocycles. The van der Waals surface area contributed by atoms with Gasteiger partial charge in [-0.25, -0.2) is 0 Å². The van der Waals surface area contributed by atoms with Gasteiger partial charge in [0.1, 0.15) is 12.0 Å². The Morgan fingerprint density at radius 1 is 1.06 bits per heavy atom. The van der Waals surface area contributed by atoms with E-state index in [0.717, 1.165) is 43.7 Å². The molecule has 5 nitrogen and oxygen atoms in total. The van der Waals surface area contributed by atoms with E-state index >= 15 is 0 Å². The first-order valence-electron chi connectivity index (χ1n) is 13.5. The predicted molar refractivity (Wildman–Crippen MR) is 137 cm³/mol. The molecule has 0 heterocycles. The number of hydrogen-bond donors (Lipinski definition) is 3. The Morgan fingerprint density at radius 2 is 1.76 bits per heavy atom. The van der Waals surface area contributed by atoms with Crippen molar-refractivity contribution in [2.75, 3.05) is 11.9 Å². The number of ether oxygens (including phenoxy) is 1. The Hall–Kier alpha value is -1.75. The highest BCUT2D eigenvalue weighted by atomic mass is 16.5. The van der Waals surface area contributed by atoms with Crippen LogP contribution < -0.4 is 15.4 Å². The zero-order valence-electron chi connectivity index (χ0n) is 21.4. The molecule has 33 heavy (non-hydrogen) atoms. The summed E-state index contributed by atoms with van der Waals surface area (Å²) in [6.07, 6.45) is 12.2. The Bertz CT molecular complexity index is 673. The van der Waals surface area contributed by atoms with Crippen molar-refractivity contribution in [2.45, 2.75) is 111 Å². The summed E-state index contributed by atoms with van der Waals surface area (Å²) in [5, 5.41) is 17.4. The van der Waals surface area contributed by atoms with Gasteiger partial charge in [0.2, 0.25) is 5.91 Å². The highest BCUT2D eigenvalue weighted by Gasteiger charge is 2.31.